The van der Waals surface area contributed by atoms with Crippen LogP contribution >= 0.6 is 0 Å². The molecule has 2 aromatic carbocycles. The van der Waals surface area contributed by atoms with Crippen LogP contribution in [0.15, 0.2) is 53.4 Å². The average Bonchev–Trinajstić information content (AvgIpc) is 2.54. The van der Waals surface area contributed by atoms with E-state index in [1.807, 2.05) is 18.2 Å². The molecule has 2 aromatic rings. The molecule has 0 bridgehead atoms. The van der Waals surface area contributed by atoms with Crippen LogP contribution in [0.2, 0.25) is 0 Å². The zero-order valence-electron chi connectivity index (χ0n) is 12.6. The highest BCUT2D eigenvalue weighted by Gasteiger charge is 2.15. The normalized spacial score (nSPS) is 12.4. The monoisotopic (exact) mass is 314 g/mol. The predicted molar refractivity (Wildman–Crippen MR) is 87.1 cm³/mol. The summed E-state index contributed by atoms with van der Waals surface area (Å²) in [7, 11) is -3.65. The van der Waals surface area contributed by atoms with Crippen LogP contribution in [0.25, 0.3) is 0 Å². The van der Waals surface area contributed by atoms with Crippen molar-refractivity contribution in [2.75, 3.05) is 4.72 Å². The van der Waals surface area contributed by atoms with Crippen molar-refractivity contribution in [3.63, 3.8) is 0 Å². The number of hydrogen-bond acceptors (Lipinski definition) is 3. The summed E-state index contributed by atoms with van der Waals surface area (Å²) in [5, 5.41) is 8.86. The Hall–Kier alpha value is -2.32. The zero-order valence-corrected chi connectivity index (χ0v) is 13.4. The van der Waals surface area contributed by atoms with Gasteiger partial charge in [0.2, 0.25) is 0 Å². The van der Waals surface area contributed by atoms with Gasteiger partial charge in [0.15, 0.2) is 0 Å². The minimum Gasteiger partial charge on any atom is -0.280 e. The summed E-state index contributed by atoms with van der Waals surface area (Å²) in [6.07, 6.45) is 1.01. The number of nitriles is 1. The van der Waals surface area contributed by atoms with Crippen LogP contribution in [-0.2, 0) is 10.0 Å². The second-order valence-electron chi connectivity index (χ2n) is 5.18. The first-order valence-corrected chi connectivity index (χ1v) is 8.57. The van der Waals surface area contributed by atoms with Gasteiger partial charge >= 0.3 is 0 Å². The fourth-order valence-corrected chi connectivity index (χ4v) is 3.13. The molecule has 1 atom stereocenters. The highest BCUT2D eigenvalue weighted by atomic mass is 32.2. The van der Waals surface area contributed by atoms with Crippen LogP contribution in [0.4, 0.5) is 5.69 Å². The number of benzene rings is 2. The third kappa shape index (κ3) is 3.66. The lowest BCUT2D eigenvalue weighted by atomic mass is 9.99. The standard InChI is InChI=1S/C17H18N2O2S/c1-3-13(2)15-7-9-17(10-8-15)22(20,21)19-16-6-4-5-14(11-16)12-18/h4-11,13,19H,3H2,1-2H3/t13-/m1/s1. The van der Waals surface area contributed by atoms with E-state index in [1.54, 1.807) is 30.3 Å². The summed E-state index contributed by atoms with van der Waals surface area (Å²) in [5.41, 5.74) is 1.91. The molecule has 0 fully saturated rings. The van der Waals surface area contributed by atoms with Crippen LogP contribution in [0.3, 0.4) is 0 Å². The van der Waals surface area contributed by atoms with Crippen molar-refractivity contribution in [1.82, 2.24) is 0 Å². The molecule has 22 heavy (non-hydrogen) atoms. The van der Waals surface area contributed by atoms with Crippen LogP contribution < -0.4 is 4.72 Å². The Kier molecular flexibility index (Phi) is 4.84. The van der Waals surface area contributed by atoms with E-state index in [0.717, 1.165) is 12.0 Å². The molecule has 0 amide bonds. The molecule has 1 N–H and O–H groups in total. The van der Waals surface area contributed by atoms with Crippen LogP contribution in [0, 0.1) is 11.3 Å². The minimum absolute atomic E-state index is 0.210. The minimum atomic E-state index is -3.65. The molecular weight excluding hydrogens is 296 g/mol. The van der Waals surface area contributed by atoms with E-state index in [1.165, 1.54) is 6.07 Å². The van der Waals surface area contributed by atoms with Gasteiger partial charge in [-0.25, -0.2) is 8.42 Å². The number of rotatable bonds is 5. The SMILES string of the molecule is CC[C@@H](C)c1ccc(S(=O)(=O)Nc2cccc(C#N)c2)cc1. The van der Waals surface area contributed by atoms with Gasteiger partial charge in [-0.3, -0.25) is 4.72 Å². The molecule has 0 saturated carbocycles. The van der Waals surface area contributed by atoms with Crippen molar-refractivity contribution in [1.29, 1.82) is 5.26 Å². The first kappa shape index (κ1) is 16.1. The van der Waals surface area contributed by atoms with Crippen molar-refractivity contribution >= 4 is 15.7 Å². The molecular formula is C17H18N2O2S. The molecule has 0 saturated heterocycles. The van der Waals surface area contributed by atoms with Gasteiger partial charge in [0.1, 0.15) is 0 Å². The van der Waals surface area contributed by atoms with Crippen molar-refractivity contribution in [3.05, 3.63) is 59.7 Å². The van der Waals surface area contributed by atoms with E-state index in [-0.39, 0.29) is 4.90 Å². The summed E-state index contributed by atoms with van der Waals surface area (Å²) >= 11 is 0. The number of hydrogen-bond donors (Lipinski definition) is 1. The molecule has 114 valence electrons. The highest BCUT2D eigenvalue weighted by molar-refractivity contribution is 7.92. The van der Waals surface area contributed by atoms with Gasteiger partial charge < -0.3 is 0 Å². The molecule has 0 aromatic heterocycles. The van der Waals surface area contributed by atoms with E-state index < -0.39 is 10.0 Å². The van der Waals surface area contributed by atoms with E-state index in [0.29, 0.717) is 17.2 Å². The molecule has 0 radical (unpaired) electrons. The quantitative estimate of drug-likeness (QED) is 0.910. The van der Waals surface area contributed by atoms with Gasteiger partial charge in [0, 0.05) is 0 Å². The lowest BCUT2D eigenvalue weighted by molar-refractivity contribution is 0.601. The zero-order chi connectivity index (χ0) is 16.2. The smallest absolute Gasteiger partial charge is 0.261 e. The summed E-state index contributed by atoms with van der Waals surface area (Å²) in [4.78, 5) is 0.210. The molecule has 2 rings (SSSR count). The van der Waals surface area contributed by atoms with Crippen LogP contribution in [0.5, 0.6) is 0 Å². The molecule has 0 unspecified atom stereocenters. The average molecular weight is 314 g/mol. The molecule has 5 heteroatoms. The lowest BCUT2D eigenvalue weighted by Gasteiger charge is -2.11. The maximum Gasteiger partial charge on any atom is 0.261 e. The van der Waals surface area contributed by atoms with Crippen LogP contribution in [-0.4, -0.2) is 8.42 Å². The number of nitrogens with one attached hydrogen (secondary N) is 1. The van der Waals surface area contributed by atoms with Gasteiger partial charge in [-0.2, -0.15) is 5.26 Å². The fourth-order valence-electron chi connectivity index (χ4n) is 2.08. The molecule has 4 nitrogen and oxygen atoms in total. The first-order chi connectivity index (χ1) is 10.5. The maximum absolute atomic E-state index is 12.4. The number of sulfonamides is 1. The molecule has 0 spiro atoms. The van der Waals surface area contributed by atoms with Crippen molar-refractivity contribution in [3.8, 4) is 6.07 Å². The summed E-state index contributed by atoms with van der Waals surface area (Å²) < 4.78 is 27.2. The largest absolute Gasteiger partial charge is 0.280 e. The van der Waals surface area contributed by atoms with Crippen molar-refractivity contribution < 1.29 is 8.42 Å². The summed E-state index contributed by atoms with van der Waals surface area (Å²) in [5.74, 6) is 0.400. The summed E-state index contributed by atoms with van der Waals surface area (Å²) in [6.45, 7) is 4.20. The van der Waals surface area contributed by atoms with E-state index in [9.17, 15) is 8.42 Å². The lowest BCUT2D eigenvalue weighted by Crippen LogP contribution is -2.13. The Morgan fingerprint density at radius 1 is 1.18 bits per heavy atom. The van der Waals surface area contributed by atoms with Gasteiger partial charge in [0.25, 0.3) is 10.0 Å². The second-order valence-corrected chi connectivity index (χ2v) is 6.86. The Labute approximate surface area is 131 Å². The number of anilines is 1. The van der Waals surface area contributed by atoms with Crippen LogP contribution in [0.1, 0.15) is 37.3 Å². The Morgan fingerprint density at radius 2 is 1.86 bits per heavy atom. The van der Waals surface area contributed by atoms with Gasteiger partial charge in [-0.1, -0.05) is 32.0 Å². The third-order valence-corrected chi connectivity index (χ3v) is 5.01. The highest BCUT2D eigenvalue weighted by Crippen LogP contribution is 2.22. The predicted octanol–water partition coefficient (Wildman–Crippen LogP) is 3.87. The molecule has 0 aliphatic rings. The first-order valence-electron chi connectivity index (χ1n) is 7.09. The Balaban J connectivity index is 2.25. The molecule has 0 heterocycles. The van der Waals surface area contributed by atoms with Gasteiger partial charge in [0.05, 0.1) is 22.2 Å². The fraction of sp³-hybridized carbons (Fsp3) is 0.235. The maximum atomic E-state index is 12.4. The van der Waals surface area contributed by atoms with Crippen molar-refractivity contribution in [2.24, 2.45) is 0 Å². The second kappa shape index (κ2) is 6.63. The summed E-state index contributed by atoms with van der Waals surface area (Å²) in [6, 6.07) is 15.3. The Bertz CT molecular complexity index is 790. The van der Waals surface area contributed by atoms with Gasteiger partial charge in [-0.05, 0) is 48.2 Å². The third-order valence-electron chi connectivity index (χ3n) is 3.62. The van der Waals surface area contributed by atoms with E-state index in [4.69, 9.17) is 5.26 Å². The molecule has 0 aliphatic heterocycles. The van der Waals surface area contributed by atoms with Crippen molar-refractivity contribution in [2.45, 2.75) is 31.1 Å². The van der Waals surface area contributed by atoms with Gasteiger partial charge in [-0.15, -0.1) is 0 Å². The Morgan fingerprint density at radius 3 is 2.45 bits per heavy atom. The molecule has 0 aliphatic carbocycles. The van der Waals surface area contributed by atoms with E-state index >= 15 is 0 Å². The van der Waals surface area contributed by atoms with E-state index in [2.05, 4.69) is 18.6 Å². The topological polar surface area (TPSA) is 70.0 Å². The number of nitrogens with zero attached hydrogens (tertiary/aromatic N) is 1.